The van der Waals surface area contributed by atoms with Gasteiger partial charge in [-0.1, -0.05) is 48.5 Å². The van der Waals surface area contributed by atoms with Gasteiger partial charge < -0.3 is 26.0 Å². The zero-order valence-corrected chi connectivity index (χ0v) is 20.2. The van der Waals surface area contributed by atoms with Crippen molar-refractivity contribution in [2.75, 3.05) is 6.54 Å². The van der Waals surface area contributed by atoms with Crippen molar-refractivity contribution in [1.82, 2.24) is 41.6 Å². The van der Waals surface area contributed by atoms with Crippen LogP contribution in [0.3, 0.4) is 0 Å². The molecule has 0 aliphatic rings. The highest BCUT2D eigenvalue weighted by atomic mass is 16.4. The fourth-order valence-corrected chi connectivity index (χ4v) is 4.19. The Morgan fingerprint density at radius 2 is 1.84 bits per heavy atom. The normalized spacial score (nSPS) is 13.4. The first-order valence-electron chi connectivity index (χ1n) is 11.8. The van der Waals surface area contributed by atoms with Crippen molar-refractivity contribution in [2.45, 2.75) is 37.8 Å². The third-order valence-corrected chi connectivity index (χ3v) is 6.08. The predicted octanol–water partition coefficient (Wildman–Crippen LogP) is 1.86. The van der Waals surface area contributed by atoms with Gasteiger partial charge in [-0.25, -0.2) is 9.89 Å². The molecule has 6 N–H and O–H groups in total. The Morgan fingerprint density at radius 1 is 1.08 bits per heavy atom. The minimum Gasteiger partial charge on any atom is -0.465 e. The van der Waals surface area contributed by atoms with Gasteiger partial charge in [-0.2, -0.15) is 0 Å². The molecule has 4 aromatic rings. The van der Waals surface area contributed by atoms with Gasteiger partial charge in [0.05, 0.1) is 6.04 Å². The smallest absolute Gasteiger partial charge is 0.405 e. The van der Waals surface area contributed by atoms with E-state index in [-0.39, 0.29) is 25.3 Å². The molecule has 0 radical (unpaired) electrons. The summed E-state index contributed by atoms with van der Waals surface area (Å²) in [6.07, 6.45) is 1.07. The number of aromatic nitrogens is 5. The summed E-state index contributed by atoms with van der Waals surface area (Å²) in [4.78, 5) is 40.8. The molecular weight excluding hydrogens is 476 g/mol. The van der Waals surface area contributed by atoms with Crippen LogP contribution in [0.25, 0.3) is 10.9 Å². The molecular formula is C25H28N8O4. The van der Waals surface area contributed by atoms with E-state index >= 15 is 0 Å². The molecule has 2 atom stereocenters. The second-order valence-corrected chi connectivity index (χ2v) is 8.89. The van der Waals surface area contributed by atoms with Crippen LogP contribution in [-0.4, -0.2) is 60.7 Å². The van der Waals surface area contributed by atoms with Crippen LogP contribution >= 0.6 is 0 Å². The van der Waals surface area contributed by atoms with Crippen molar-refractivity contribution in [1.29, 1.82) is 0 Å². The predicted molar refractivity (Wildman–Crippen MR) is 134 cm³/mol. The maximum Gasteiger partial charge on any atom is 0.405 e. The van der Waals surface area contributed by atoms with Gasteiger partial charge in [0.2, 0.25) is 11.8 Å². The number of carbonyl (C=O) groups is 3. The summed E-state index contributed by atoms with van der Waals surface area (Å²) in [6.45, 7) is 1.60. The number of para-hydroxylation sites is 1. The van der Waals surface area contributed by atoms with Crippen molar-refractivity contribution < 1.29 is 19.5 Å². The van der Waals surface area contributed by atoms with Gasteiger partial charge in [-0.05, 0) is 34.5 Å². The van der Waals surface area contributed by atoms with Crippen molar-refractivity contribution in [3.8, 4) is 0 Å². The number of tetrazole rings is 1. The van der Waals surface area contributed by atoms with Gasteiger partial charge >= 0.3 is 6.09 Å². The van der Waals surface area contributed by atoms with Crippen LogP contribution in [0.4, 0.5) is 4.79 Å². The third kappa shape index (κ3) is 6.48. The zero-order chi connectivity index (χ0) is 26.3. The van der Waals surface area contributed by atoms with E-state index in [9.17, 15) is 19.5 Å². The minimum atomic E-state index is -1.46. The lowest BCUT2D eigenvalue weighted by molar-refractivity contribution is -0.127. The Bertz CT molecular complexity index is 1360. The van der Waals surface area contributed by atoms with Crippen LogP contribution in [0.1, 0.15) is 36.3 Å². The van der Waals surface area contributed by atoms with Crippen LogP contribution in [0.15, 0.2) is 60.8 Å². The molecule has 0 fully saturated rings. The fourth-order valence-electron chi connectivity index (χ4n) is 4.19. The number of H-pyrrole nitrogens is 2. The lowest BCUT2D eigenvalue weighted by atomic mass is 9.91. The molecule has 0 spiro atoms. The summed E-state index contributed by atoms with van der Waals surface area (Å²) in [6, 6.07) is 16.3. The molecule has 2 aromatic heterocycles. The first-order valence-corrected chi connectivity index (χ1v) is 11.8. The second-order valence-electron chi connectivity index (χ2n) is 8.89. The number of nitrogens with zero attached hydrogens (tertiary/aromatic N) is 3. The van der Waals surface area contributed by atoms with Gasteiger partial charge in [-0.15, -0.1) is 5.10 Å². The van der Waals surface area contributed by atoms with Crippen molar-refractivity contribution in [3.05, 3.63) is 77.7 Å². The number of fused-ring (bicyclic) bond motifs is 1. The molecule has 2 aromatic carbocycles. The molecule has 12 heteroatoms. The number of hydrogen-bond acceptors (Lipinski definition) is 6. The van der Waals surface area contributed by atoms with Crippen molar-refractivity contribution in [3.63, 3.8) is 0 Å². The second kappa shape index (κ2) is 11.3. The van der Waals surface area contributed by atoms with Crippen LogP contribution in [0, 0.1) is 0 Å². The quantitative estimate of drug-likeness (QED) is 0.180. The highest BCUT2D eigenvalue weighted by Crippen LogP contribution is 2.23. The SMILES string of the molecule is C[C@](Cc1c[nH]c2ccccc12)(NC(=O)O)C(=O)NC[C@H](NC(=O)CCc1nnn[nH]1)c1ccccc1. The molecule has 0 aliphatic carbocycles. The Morgan fingerprint density at radius 3 is 2.57 bits per heavy atom. The summed E-state index contributed by atoms with van der Waals surface area (Å²) >= 11 is 0. The number of hydrogen-bond donors (Lipinski definition) is 6. The van der Waals surface area contributed by atoms with Crippen LogP contribution in [0.5, 0.6) is 0 Å². The van der Waals surface area contributed by atoms with E-state index in [1.807, 2.05) is 54.6 Å². The van der Waals surface area contributed by atoms with Crippen molar-refractivity contribution in [2.24, 2.45) is 0 Å². The number of amides is 3. The van der Waals surface area contributed by atoms with Gasteiger partial charge in [0, 0.05) is 42.9 Å². The Hall–Kier alpha value is -4.74. The highest BCUT2D eigenvalue weighted by Gasteiger charge is 2.36. The maximum absolute atomic E-state index is 13.4. The molecule has 37 heavy (non-hydrogen) atoms. The number of carboxylic acid groups (broad SMARTS) is 1. The summed E-state index contributed by atoms with van der Waals surface area (Å²) < 4.78 is 0. The van der Waals surface area contributed by atoms with E-state index in [1.54, 1.807) is 13.1 Å². The van der Waals surface area contributed by atoms with Crippen LogP contribution in [-0.2, 0) is 22.4 Å². The summed E-state index contributed by atoms with van der Waals surface area (Å²) in [5, 5.41) is 31.9. The number of carbonyl (C=O) groups excluding carboxylic acids is 2. The van der Waals surface area contributed by atoms with Crippen LogP contribution in [0.2, 0.25) is 0 Å². The lowest BCUT2D eigenvalue weighted by Gasteiger charge is -2.29. The van der Waals surface area contributed by atoms with Gasteiger partial charge in [-0.3, -0.25) is 9.59 Å². The molecule has 12 nitrogen and oxygen atoms in total. The van der Waals surface area contributed by atoms with Crippen molar-refractivity contribution >= 4 is 28.8 Å². The first-order chi connectivity index (χ1) is 17.8. The zero-order valence-electron chi connectivity index (χ0n) is 20.2. The van der Waals surface area contributed by atoms with Gasteiger partial charge in [0.1, 0.15) is 11.4 Å². The lowest BCUT2D eigenvalue weighted by Crippen LogP contribution is -2.58. The number of benzene rings is 2. The Labute approximate surface area is 212 Å². The van der Waals surface area contributed by atoms with E-state index in [0.29, 0.717) is 12.2 Å². The monoisotopic (exact) mass is 504 g/mol. The average Bonchev–Trinajstić information content (AvgIpc) is 3.55. The molecule has 3 amide bonds. The third-order valence-electron chi connectivity index (χ3n) is 6.08. The first kappa shape index (κ1) is 25.4. The molecule has 0 saturated heterocycles. The van der Waals surface area contributed by atoms with Crippen LogP contribution < -0.4 is 16.0 Å². The number of aromatic amines is 2. The number of aryl methyl sites for hydroxylation is 1. The molecule has 0 unspecified atom stereocenters. The fraction of sp³-hybridized carbons (Fsp3) is 0.280. The van der Waals surface area contributed by atoms with Gasteiger partial charge in [0.15, 0.2) is 0 Å². The average molecular weight is 505 g/mol. The van der Waals surface area contributed by atoms with Gasteiger partial charge in [0.25, 0.3) is 0 Å². The summed E-state index contributed by atoms with van der Waals surface area (Å²) in [7, 11) is 0. The molecule has 4 rings (SSSR count). The molecule has 0 bridgehead atoms. The maximum atomic E-state index is 13.4. The standard InChI is InChI=1S/C25H28N8O4/c1-25(29-24(36)37,13-17-14-26-19-10-6-5-9-18(17)19)23(35)27-15-20(16-7-3-2-4-8-16)28-22(34)12-11-21-30-32-33-31-21/h2-10,14,20,26,29H,11-13,15H2,1H3,(H,27,35)(H,28,34)(H,36,37)(H,30,31,32,33)/t20-,25+/m0/s1. The summed E-state index contributed by atoms with van der Waals surface area (Å²) in [5.74, 6) is -0.264. The number of nitrogens with one attached hydrogen (secondary N) is 5. The van der Waals surface area contributed by atoms with E-state index in [4.69, 9.17) is 0 Å². The summed E-state index contributed by atoms with van der Waals surface area (Å²) in [5.41, 5.74) is 1.03. The van der Waals surface area contributed by atoms with E-state index in [0.717, 1.165) is 22.0 Å². The Kier molecular flexibility index (Phi) is 7.77. The highest BCUT2D eigenvalue weighted by molar-refractivity contribution is 5.91. The molecule has 2 heterocycles. The molecule has 0 aliphatic heterocycles. The topological polar surface area (TPSA) is 178 Å². The number of rotatable bonds is 11. The molecule has 192 valence electrons. The van der Waals surface area contributed by atoms with E-state index < -0.39 is 23.6 Å². The van der Waals surface area contributed by atoms with E-state index in [2.05, 4.69) is 41.6 Å². The largest absolute Gasteiger partial charge is 0.465 e. The van der Waals surface area contributed by atoms with E-state index in [1.165, 1.54) is 0 Å². The minimum absolute atomic E-state index is 0.0588. The Balaban J connectivity index is 1.47. The molecule has 0 saturated carbocycles.